The lowest BCUT2D eigenvalue weighted by atomic mass is 9.98. The lowest BCUT2D eigenvalue weighted by Gasteiger charge is -2.10. The predicted molar refractivity (Wildman–Crippen MR) is 158 cm³/mol. The van der Waals surface area contributed by atoms with Crippen LogP contribution in [0.1, 0.15) is 42.3 Å². The fraction of sp³-hybridized carbons (Fsp3) is 0.138. The Kier molecular flexibility index (Phi) is 7.61. The molecule has 1 atom stereocenters. The second kappa shape index (κ2) is 11.1. The first-order valence-corrected chi connectivity index (χ1v) is 13.3. The number of amides is 1. The zero-order valence-corrected chi connectivity index (χ0v) is 23.2. The molecular formula is C29H23Cl2N3O4S. The van der Waals surface area contributed by atoms with Gasteiger partial charge in [-0.3, -0.25) is 10.1 Å². The van der Waals surface area contributed by atoms with Gasteiger partial charge in [-0.25, -0.2) is 4.98 Å². The summed E-state index contributed by atoms with van der Waals surface area (Å²) in [7, 11) is 0. The normalized spacial score (nSPS) is 11.9. The molecule has 1 unspecified atom stereocenters. The average Bonchev–Trinajstić information content (AvgIpc) is 3.58. The lowest BCUT2D eigenvalue weighted by Crippen LogP contribution is -2.33. The molecule has 5 rings (SSSR count). The minimum Gasteiger partial charge on any atom is -0.507 e. The topological polar surface area (TPSA) is 101 Å². The van der Waals surface area contributed by atoms with E-state index < -0.39 is 5.91 Å². The number of anilines is 1. The third-order valence-electron chi connectivity index (χ3n) is 6.35. The molecule has 0 saturated carbocycles. The molecule has 0 fully saturated rings. The summed E-state index contributed by atoms with van der Waals surface area (Å²) in [5.41, 5.74) is 3.96. The number of carbonyl (C=O) groups is 1. The maximum absolute atomic E-state index is 12.7. The summed E-state index contributed by atoms with van der Waals surface area (Å²) >= 11 is 17.7. The van der Waals surface area contributed by atoms with E-state index in [1.165, 1.54) is 17.7 Å². The van der Waals surface area contributed by atoms with Crippen LogP contribution in [0.15, 0.2) is 75.6 Å². The Morgan fingerprint density at radius 3 is 2.67 bits per heavy atom. The largest absolute Gasteiger partial charge is 0.507 e. The second-order valence-electron chi connectivity index (χ2n) is 8.96. The molecule has 2 aromatic heterocycles. The molecule has 0 aliphatic heterocycles. The smallest absolute Gasteiger partial charge is 0.293 e. The highest BCUT2D eigenvalue weighted by Gasteiger charge is 2.18. The van der Waals surface area contributed by atoms with Gasteiger partial charge in [0.25, 0.3) is 5.91 Å². The van der Waals surface area contributed by atoms with E-state index in [2.05, 4.69) is 29.5 Å². The van der Waals surface area contributed by atoms with Crippen LogP contribution in [0.4, 0.5) is 5.69 Å². The summed E-state index contributed by atoms with van der Waals surface area (Å²) in [5, 5.41) is 16.8. The Bertz CT molecular complexity index is 1710. The summed E-state index contributed by atoms with van der Waals surface area (Å²) in [5.74, 6) is 0.544. The highest BCUT2D eigenvalue weighted by Crippen LogP contribution is 2.35. The van der Waals surface area contributed by atoms with Gasteiger partial charge in [0.15, 0.2) is 16.5 Å². The van der Waals surface area contributed by atoms with Gasteiger partial charge in [-0.2, -0.15) is 0 Å². The van der Waals surface area contributed by atoms with Crippen molar-refractivity contribution < 1.29 is 18.7 Å². The third kappa shape index (κ3) is 5.63. The van der Waals surface area contributed by atoms with Gasteiger partial charge in [0, 0.05) is 11.3 Å². The summed E-state index contributed by atoms with van der Waals surface area (Å²) in [6.45, 7) is 4.29. The number of halogens is 2. The van der Waals surface area contributed by atoms with Gasteiger partial charge in [-0.05, 0) is 84.7 Å². The number of furan rings is 1. The van der Waals surface area contributed by atoms with E-state index in [1.54, 1.807) is 36.4 Å². The molecule has 0 spiro atoms. The summed E-state index contributed by atoms with van der Waals surface area (Å²) < 4.78 is 11.6. The number of hydrogen-bond donors (Lipinski definition) is 3. The zero-order chi connectivity index (χ0) is 27.7. The highest BCUT2D eigenvalue weighted by molar-refractivity contribution is 7.80. The maximum atomic E-state index is 12.7. The number of rotatable bonds is 6. The number of fused-ring (bicyclic) bond motifs is 1. The molecular weight excluding hydrogens is 557 g/mol. The number of oxazole rings is 1. The van der Waals surface area contributed by atoms with E-state index in [0.717, 1.165) is 6.42 Å². The summed E-state index contributed by atoms with van der Waals surface area (Å²) in [6.07, 6.45) is 1.01. The van der Waals surface area contributed by atoms with Crippen molar-refractivity contribution in [2.75, 3.05) is 5.32 Å². The quantitative estimate of drug-likeness (QED) is 0.137. The number of nitrogens with one attached hydrogen (secondary N) is 2. The lowest BCUT2D eigenvalue weighted by molar-refractivity contribution is 0.0951. The molecule has 3 aromatic carbocycles. The monoisotopic (exact) mass is 579 g/mol. The Balaban J connectivity index is 1.30. The molecule has 0 aliphatic rings. The average molecular weight is 580 g/mol. The van der Waals surface area contributed by atoms with Crippen molar-refractivity contribution in [3.05, 3.63) is 88.1 Å². The van der Waals surface area contributed by atoms with Crippen LogP contribution in [0.2, 0.25) is 10.0 Å². The molecule has 0 saturated heterocycles. The number of thiocarbonyl (C=S) groups is 1. The van der Waals surface area contributed by atoms with Crippen molar-refractivity contribution in [3.8, 4) is 28.5 Å². The van der Waals surface area contributed by atoms with E-state index in [9.17, 15) is 9.90 Å². The van der Waals surface area contributed by atoms with Gasteiger partial charge in [0.2, 0.25) is 5.89 Å². The van der Waals surface area contributed by atoms with Crippen molar-refractivity contribution in [1.29, 1.82) is 0 Å². The molecule has 1 amide bonds. The fourth-order valence-corrected chi connectivity index (χ4v) is 4.62. The number of benzene rings is 3. The van der Waals surface area contributed by atoms with Crippen molar-refractivity contribution in [1.82, 2.24) is 10.3 Å². The van der Waals surface area contributed by atoms with Crippen molar-refractivity contribution in [2.24, 2.45) is 0 Å². The van der Waals surface area contributed by atoms with Crippen LogP contribution < -0.4 is 10.6 Å². The van der Waals surface area contributed by atoms with Crippen molar-refractivity contribution in [2.45, 2.75) is 26.2 Å². The molecule has 5 aromatic rings. The number of hydrogen-bond acceptors (Lipinski definition) is 6. The van der Waals surface area contributed by atoms with E-state index in [-0.39, 0.29) is 22.5 Å². The number of phenols is 1. The van der Waals surface area contributed by atoms with E-state index >= 15 is 0 Å². The van der Waals surface area contributed by atoms with Crippen LogP contribution in [-0.2, 0) is 0 Å². The van der Waals surface area contributed by atoms with Crippen LogP contribution in [0.3, 0.4) is 0 Å². The molecule has 0 aliphatic carbocycles. The zero-order valence-electron chi connectivity index (χ0n) is 20.9. The number of phenolic OH excluding ortho intramolecular Hbond substituents is 1. The minimum absolute atomic E-state index is 0.00741. The van der Waals surface area contributed by atoms with Gasteiger partial charge in [-0.15, -0.1) is 0 Å². The maximum Gasteiger partial charge on any atom is 0.293 e. The van der Waals surface area contributed by atoms with Gasteiger partial charge < -0.3 is 19.3 Å². The predicted octanol–water partition coefficient (Wildman–Crippen LogP) is 8.41. The third-order valence-corrected chi connectivity index (χ3v) is 7.37. The first kappa shape index (κ1) is 26.7. The van der Waals surface area contributed by atoms with Crippen LogP contribution in [0.5, 0.6) is 5.75 Å². The van der Waals surface area contributed by atoms with Crippen LogP contribution in [-0.4, -0.2) is 21.1 Å². The van der Waals surface area contributed by atoms with Crippen molar-refractivity contribution >= 4 is 63.2 Å². The Labute approximate surface area is 239 Å². The Morgan fingerprint density at radius 1 is 1.05 bits per heavy atom. The van der Waals surface area contributed by atoms with Crippen molar-refractivity contribution in [3.63, 3.8) is 0 Å². The number of carbonyl (C=O) groups excluding carboxylic acids is 1. The van der Waals surface area contributed by atoms with Crippen LogP contribution >= 0.6 is 35.4 Å². The SMILES string of the molecule is CCC(C)c1ccc2oc(-c3cc(NC(=S)NC(=O)c4ccc(-c5cccc(Cl)c5Cl)o4)ccc3O)nc2c1. The molecule has 39 heavy (non-hydrogen) atoms. The highest BCUT2D eigenvalue weighted by atomic mass is 35.5. The molecule has 2 heterocycles. The Morgan fingerprint density at radius 2 is 1.87 bits per heavy atom. The second-order valence-corrected chi connectivity index (χ2v) is 10.2. The molecule has 0 radical (unpaired) electrons. The number of aromatic hydroxyl groups is 1. The molecule has 7 nitrogen and oxygen atoms in total. The molecule has 198 valence electrons. The van der Waals surface area contributed by atoms with E-state index in [0.29, 0.717) is 49.6 Å². The van der Waals surface area contributed by atoms with Gasteiger partial charge in [0.1, 0.15) is 17.0 Å². The molecule has 3 N–H and O–H groups in total. The summed E-state index contributed by atoms with van der Waals surface area (Å²) in [4.78, 5) is 17.3. The fourth-order valence-electron chi connectivity index (χ4n) is 4.01. The van der Waals surface area contributed by atoms with Gasteiger partial charge >= 0.3 is 0 Å². The van der Waals surface area contributed by atoms with E-state index in [1.807, 2.05) is 18.2 Å². The number of aromatic nitrogens is 1. The van der Waals surface area contributed by atoms with Crippen LogP contribution in [0.25, 0.3) is 33.9 Å². The van der Waals surface area contributed by atoms with Gasteiger partial charge in [0.05, 0.1) is 15.6 Å². The molecule has 10 heteroatoms. The van der Waals surface area contributed by atoms with Gasteiger partial charge in [-0.1, -0.05) is 49.2 Å². The minimum atomic E-state index is -0.549. The first-order chi connectivity index (χ1) is 18.7. The Hall–Kier alpha value is -3.85. The first-order valence-electron chi connectivity index (χ1n) is 12.1. The standard InChI is InChI=1S/C29H23Cl2N3O4S/c1-3-15(2)16-7-10-24-21(13-16)33-28(38-24)19-14-17(8-9-22(19)35)32-29(39)34-27(36)25-12-11-23(37-25)18-5-4-6-20(30)26(18)31/h4-15,35H,3H2,1-2H3,(H2,32,34,36,39). The molecule has 0 bridgehead atoms. The van der Waals surface area contributed by atoms with E-state index in [4.69, 9.17) is 44.3 Å². The number of nitrogens with zero attached hydrogens (tertiary/aromatic N) is 1. The summed E-state index contributed by atoms with van der Waals surface area (Å²) in [6, 6.07) is 18.9. The van der Waals surface area contributed by atoms with Crippen LogP contribution in [0, 0.1) is 0 Å².